The molecule has 1 fully saturated rings. The summed E-state index contributed by atoms with van der Waals surface area (Å²) in [6.45, 7) is 2.47. The molecule has 0 unspecified atom stereocenters. The van der Waals surface area contributed by atoms with Crippen LogP contribution in [0.5, 0.6) is 0 Å². The van der Waals surface area contributed by atoms with Crippen LogP contribution in [0, 0.1) is 6.92 Å². The number of amides is 1. The predicted molar refractivity (Wildman–Crippen MR) is 87.7 cm³/mol. The highest BCUT2D eigenvalue weighted by Crippen LogP contribution is 2.34. The first kappa shape index (κ1) is 15.8. The first-order chi connectivity index (χ1) is 10.9. The van der Waals surface area contributed by atoms with E-state index in [9.17, 15) is 14.7 Å². The Morgan fingerprint density at radius 2 is 2.13 bits per heavy atom. The van der Waals surface area contributed by atoms with Gasteiger partial charge < -0.3 is 15.0 Å². The molecule has 0 spiro atoms. The summed E-state index contributed by atoms with van der Waals surface area (Å²) in [4.78, 5) is 28.3. The smallest absolute Gasteiger partial charge is 0.260 e. The van der Waals surface area contributed by atoms with Crippen molar-refractivity contribution in [2.24, 2.45) is 0 Å². The van der Waals surface area contributed by atoms with Crippen molar-refractivity contribution in [2.75, 3.05) is 13.1 Å². The van der Waals surface area contributed by atoms with E-state index in [1.807, 2.05) is 31.2 Å². The molecule has 0 saturated carbocycles. The molecule has 1 aliphatic rings. The summed E-state index contributed by atoms with van der Waals surface area (Å²) >= 11 is 5.85. The molecule has 0 radical (unpaired) electrons. The number of hydrogen-bond donors (Lipinski definition) is 2. The normalized spacial score (nSPS) is 20.7. The third kappa shape index (κ3) is 2.90. The van der Waals surface area contributed by atoms with Crippen LogP contribution in [-0.2, 0) is 5.60 Å². The standard InChI is InChI=1S/C17H17ClN2O3/c1-11-4-2-3-5-14(11)17(23)6-7-20(10-17)16(22)13-8-12(18)9-19-15(13)21/h2-5,8-9,23H,6-7,10H2,1H3,(H,19,21)/t17-/m0/s1. The van der Waals surface area contributed by atoms with E-state index in [1.165, 1.54) is 17.2 Å². The Bertz CT molecular complexity index is 817. The molecule has 6 heteroatoms. The molecule has 2 heterocycles. The second kappa shape index (κ2) is 5.83. The number of benzene rings is 1. The van der Waals surface area contributed by atoms with Crippen LogP contribution in [0.3, 0.4) is 0 Å². The molecule has 2 N–H and O–H groups in total. The third-order valence-electron chi connectivity index (χ3n) is 4.28. The molecule has 1 aliphatic heterocycles. The van der Waals surface area contributed by atoms with Crippen molar-refractivity contribution >= 4 is 17.5 Å². The van der Waals surface area contributed by atoms with Crippen LogP contribution in [0.25, 0.3) is 0 Å². The minimum atomic E-state index is -1.09. The number of hydrogen-bond acceptors (Lipinski definition) is 3. The van der Waals surface area contributed by atoms with E-state index in [0.717, 1.165) is 11.1 Å². The number of H-pyrrole nitrogens is 1. The summed E-state index contributed by atoms with van der Waals surface area (Å²) in [5.74, 6) is -0.418. The van der Waals surface area contributed by atoms with E-state index in [1.54, 1.807) is 0 Å². The number of carbonyl (C=O) groups is 1. The van der Waals surface area contributed by atoms with Crippen LogP contribution < -0.4 is 5.56 Å². The molecule has 1 amide bonds. The number of likely N-dealkylation sites (tertiary alicyclic amines) is 1. The zero-order valence-electron chi connectivity index (χ0n) is 12.7. The molecule has 120 valence electrons. The number of aryl methyl sites for hydroxylation is 1. The summed E-state index contributed by atoms with van der Waals surface area (Å²) in [5, 5.41) is 11.2. The summed E-state index contributed by atoms with van der Waals surface area (Å²) in [6, 6.07) is 8.93. The Kier molecular flexibility index (Phi) is 4.00. The number of pyridine rings is 1. The SMILES string of the molecule is Cc1ccccc1[C@]1(O)CCN(C(=O)c2cc(Cl)c[nH]c2=O)C1. The maximum Gasteiger partial charge on any atom is 0.260 e. The summed E-state index contributed by atoms with van der Waals surface area (Å²) in [5.41, 5.74) is 0.212. The van der Waals surface area contributed by atoms with Crippen molar-refractivity contribution in [2.45, 2.75) is 18.9 Å². The van der Waals surface area contributed by atoms with Crippen molar-refractivity contribution in [1.29, 1.82) is 0 Å². The lowest BCUT2D eigenvalue weighted by Crippen LogP contribution is -2.37. The minimum Gasteiger partial charge on any atom is -0.383 e. The van der Waals surface area contributed by atoms with Crippen molar-refractivity contribution in [3.63, 3.8) is 0 Å². The molecule has 23 heavy (non-hydrogen) atoms. The van der Waals surface area contributed by atoms with Gasteiger partial charge in [-0.05, 0) is 30.5 Å². The van der Waals surface area contributed by atoms with Gasteiger partial charge in [0.2, 0.25) is 0 Å². The Morgan fingerprint density at radius 3 is 2.87 bits per heavy atom. The van der Waals surface area contributed by atoms with E-state index >= 15 is 0 Å². The van der Waals surface area contributed by atoms with Gasteiger partial charge in [-0.25, -0.2) is 0 Å². The number of aromatic nitrogens is 1. The number of aliphatic hydroxyl groups is 1. The van der Waals surface area contributed by atoms with E-state index in [2.05, 4.69) is 4.98 Å². The molecule has 0 aliphatic carbocycles. The number of aromatic amines is 1. The highest BCUT2D eigenvalue weighted by molar-refractivity contribution is 6.30. The maximum atomic E-state index is 12.6. The maximum absolute atomic E-state index is 12.6. The van der Waals surface area contributed by atoms with Gasteiger partial charge in [0.1, 0.15) is 11.2 Å². The van der Waals surface area contributed by atoms with Gasteiger partial charge in [-0.3, -0.25) is 9.59 Å². The zero-order chi connectivity index (χ0) is 16.6. The predicted octanol–water partition coefficient (Wildman–Crippen LogP) is 2.07. The molecular weight excluding hydrogens is 316 g/mol. The summed E-state index contributed by atoms with van der Waals surface area (Å²) in [7, 11) is 0. The fourth-order valence-electron chi connectivity index (χ4n) is 3.07. The highest BCUT2D eigenvalue weighted by Gasteiger charge is 2.40. The Hall–Kier alpha value is -2.11. The van der Waals surface area contributed by atoms with Crippen LogP contribution in [0.15, 0.2) is 41.3 Å². The number of rotatable bonds is 2. The van der Waals surface area contributed by atoms with Gasteiger partial charge in [0.25, 0.3) is 11.5 Å². The van der Waals surface area contributed by atoms with Gasteiger partial charge in [-0.1, -0.05) is 35.9 Å². The van der Waals surface area contributed by atoms with Gasteiger partial charge in [0, 0.05) is 12.7 Å². The summed E-state index contributed by atoms with van der Waals surface area (Å²) < 4.78 is 0. The summed E-state index contributed by atoms with van der Waals surface area (Å²) in [6.07, 6.45) is 1.77. The zero-order valence-corrected chi connectivity index (χ0v) is 13.4. The number of β-amino-alcohol motifs (C(OH)–C–C–N with tert-alkyl or cyclic N) is 1. The Balaban J connectivity index is 1.88. The van der Waals surface area contributed by atoms with Gasteiger partial charge in [-0.2, -0.15) is 0 Å². The van der Waals surface area contributed by atoms with Gasteiger partial charge in [-0.15, -0.1) is 0 Å². The molecule has 1 aromatic heterocycles. The van der Waals surface area contributed by atoms with Crippen LogP contribution in [0.1, 0.15) is 27.9 Å². The number of carbonyl (C=O) groups excluding carboxylic acids is 1. The monoisotopic (exact) mass is 332 g/mol. The number of nitrogens with zero attached hydrogens (tertiary/aromatic N) is 1. The minimum absolute atomic E-state index is 0.00784. The van der Waals surface area contributed by atoms with Crippen LogP contribution in [0.2, 0.25) is 5.02 Å². The van der Waals surface area contributed by atoms with E-state index in [0.29, 0.717) is 18.0 Å². The van der Waals surface area contributed by atoms with Gasteiger partial charge in [0.05, 0.1) is 11.6 Å². The van der Waals surface area contributed by atoms with E-state index in [4.69, 9.17) is 11.6 Å². The molecule has 1 atom stereocenters. The van der Waals surface area contributed by atoms with Crippen LogP contribution in [-0.4, -0.2) is 34.0 Å². The Morgan fingerprint density at radius 1 is 1.39 bits per heavy atom. The lowest BCUT2D eigenvalue weighted by atomic mass is 9.89. The van der Waals surface area contributed by atoms with Gasteiger partial charge in [0.15, 0.2) is 0 Å². The lowest BCUT2D eigenvalue weighted by molar-refractivity contribution is 0.0412. The van der Waals surface area contributed by atoms with Crippen molar-refractivity contribution in [3.8, 4) is 0 Å². The second-order valence-electron chi connectivity index (χ2n) is 5.88. The topological polar surface area (TPSA) is 73.4 Å². The first-order valence-electron chi connectivity index (χ1n) is 7.37. The third-order valence-corrected chi connectivity index (χ3v) is 4.50. The highest BCUT2D eigenvalue weighted by atomic mass is 35.5. The molecular formula is C17H17ClN2O3. The average Bonchev–Trinajstić information content (AvgIpc) is 2.93. The van der Waals surface area contributed by atoms with Crippen LogP contribution >= 0.6 is 11.6 Å². The quantitative estimate of drug-likeness (QED) is 0.884. The van der Waals surface area contributed by atoms with Crippen molar-refractivity contribution < 1.29 is 9.90 Å². The molecule has 2 aromatic rings. The molecule has 1 aromatic carbocycles. The van der Waals surface area contributed by atoms with Gasteiger partial charge >= 0.3 is 0 Å². The lowest BCUT2D eigenvalue weighted by Gasteiger charge is -2.25. The van der Waals surface area contributed by atoms with E-state index in [-0.39, 0.29) is 12.1 Å². The number of nitrogens with one attached hydrogen (secondary N) is 1. The van der Waals surface area contributed by atoms with Crippen molar-refractivity contribution in [1.82, 2.24) is 9.88 Å². The first-order valence-corrected chi connectivity index (χ1v) is 7.74. The molecule has 3 rings (SSSR count). The second-order valence-corrected chi connectivity index (χ2v) is 6.32. The Labute approximate surface area is 138 Å². The average molecular weight is 333 g/mol. The fraction of sp³-hybridized carbons (Fsp3) is 0.294. The molecule has 5 nitrogen and oxygen atoms in total. The fourth-order valence-corrected chi connectivity index (χ4v) is 3.23. The van der Waals surface area contributed by atoms with Crippen LogP contribution in [0.4, 0.5) is 0 Å². The molecule has 0 bridgehead atoms. The largest absolute Gasteiger partial charge is 0.383 e. The number of halogens is 1. The van der Waals surface area contributed by atoms with Crippen molar-refractivity contribution in [3.05, 3.63) is 68.6 Å². The molecule has 1 saturated heterocycles. The van der Waals surface area contributed by atoms with E-state index < -0.39 is 17.1 Å².